The number of halogens is 1. The number of piperidine rings is 1. The van der Waals surface area contributed by atoms with Gasteiger partial charge >= 0.3 is 0 Å². The first kappa shape index (κ1) is 19.6. The Hall–Kier alpha value is -2.70. The smallest absolute Gasteiger partial charge is 0.241 e. The summed E-state index contributed by atoms with van der Waals surface area (Å²) in [5, 5.41) is 7.62. The van der Waals surface area contributed by atoms with Gasteiger partial charge in [0.15, 0.2) is 0 Å². The minimum absolute atomic E-state index is 0.00562. The summed E-state index contributed by atoms with van der Waals surface area (Å²) in [6, 6.07) is 15.2. The van der Waals surface area contributed by atoms with Gasteiger partial charge < -0.3 is 9.84 Å². The Labute approximate surface area is 174 Å². The van der Waals surface area contributed by atoms with Gasteiger partial charge in [-0.2, -0.15) is 4.98 Å². The van der Waals surface area contributed by atoms with Crippen molar-refractivity contribution in [1.82, 2.24) is 15.0 Å². The number of aromatic nitrogens is 2. The molecule has 2 aromatic carbocycles. The minimum Gasteiger partial charge on any atom is -0.338 e. The predicted molar refractivity (Wildman–Crippen MR) is 113 cm³/mol. The molecule has 1 atom stereocenters. The second-order valence-corrected chi connectivity index (χ2v) is 7.78. The molecule has 0 radical (unpaired) electrons. The number of nitrogens with one attached hydrogen (secondary N) is 1. The summed E-state index contributed by atoms with van der Waals surface area (Å²) in [5.41, 5.74) is 2.73. The molecule has 1 fully saturated rings. The van der Waals surface area contributed by atoms with E-state index in [-0.39, 0.29) is 11.8 Å². The number of aryl methyl sites for hydroxylation is 1. The monoisotopic (exact) mass is 410 g/mol. The quantitative estimate of drug-likeness (QED) is 0.668. The number of amides is 1. The number of carbonyl (C=O) groups is 1. The Morgan fingerprint density at radius 3 is 2.86 bits per heavy atom. The molecule has 4 rings (SSSR count). The molecule has 6 nitrogen and oxygen atoms in total. The van der Waals surface area contributed by atoms with Crippen LogP contribution in [0.3, 0.4) is 0 Å². The van der Waals surface area contributed by atoms with E-state index in [1.807, 2.05) is 49.4 Å². The Bertz CT molecular complexity index is 1000. The van der Waals surface area contributed by atoms with Crippen LogP contribution in [0, 0.1) is 12.8 Å². The lowest BCUT2D eigenvalue weighted by molar-refractivity contribution is -0.121. The fourth-order valence-electron chi connectivity index (χ4n) is 3.65. The average Bonchev–Trinajstić information content (AvgIpc) is 3.18. The molecule has 0 spiro atoms. The average molecular weight is 411 g/mol. The number of para-hydroxylation sites is 1. The molecule has 0 saturated carbocycles. The van der Waals surface area contributed by atoms with E-state index >= 15 is 0 Å². The van der Waals surface area contributed by atoms with Gasteiger partial charge in [-0.1, -0.05) is 53.2 Å². The van der Waals surface area contributed by atoms with E-state index < -0.39 is 0 Å². The number of likely N-dealkylation sites (tertiary alicyclic amines) is 1. The van der Waals surface area contributed by atoms with Gasteiger partial charge in [0.05, 0.1) is 23.2 Å². The van der Waals surface area contributed by atoms with Crippen molar-refractivity contribution in [2.24, 2.45) is 5.92 Å². The van der Waals surface area contributed by atoms with Crippen LogP contribution in [0.25, 0.3) is 11.4 Å². The standard InChI is InChI=1S/C22H23ClN4O2/c1-15-7-2-3-9-17(15)21-25-20(29-26-21)14-27-12-6-8-16(13-27)22(28)24-19-11-5-4-10-18(19)23/h2-5,7,9-11,16H,6,8,12-14H2,1H3,(H,24,28). The summed E-state index contributed by atoms with van der Waals surface area (Å²) in [7, 11) is 0. The maximum Gasteiger partial charge on any atom is 0.241 e. The third-order valence-electron chi connectivity index (χ3n) is 5.22. The van der Waals surface area contributed by atoms with Crippen LogP contribution in [0.15, 0.2) is 53.1 Å². The Morgan fingerprint density at radius 1 is 1.24 bits per heavy atom. The van der Waals surface area contributed by atoms with Crippen molar-refractivity contribution in [3.8, 4) is 11.4 Å². The lowest BCUT2D eigenvalue weighted by Crippen LogP contribution is -2.40. The van der Waals surface area contributed by atoms with Gasteiger partial charge in [-0.25, -0.2) is 0 Å². The van der Waals surface area contributed by atoms with Crippen molar-refractivity contribution in [1.29, 1.82) is 0 Å². The van der Waals surface area contributed by atoms with Gasteiger partial charge in [0.2, 0.25) is 17.6 Å². The van der Waals surface area contributed by atoms with Crippen LogP contribution in [-0.2, 0) is 11.3 Å². The van der Waals surface area contributed by atoms with Crippen molar-refractivity contribution in [2.45, 2.75) is 26.3 Å². The largest absolute Gasteiger partial charge is 0.338 e. The van der Waals surface area contributed by atoms with Crippen molar-refractivity contribution in [3.63, 3.8) is 0 Å². The van der Waals surface area contributed by atoms with E-state index in [1.165, 1.54) is 0 Å². The number of carbonyl (C=O) groups excluding carboxylic acids is 1. The summed E-state index contributed by atoms with van der Waals surface area (Å²) in [4.78, 5) is 19.4. The molecule has 1 aliphatic rings. The van der Waals surface area contributed by atoms with Gasteiger partial charge in [0, 0.05) is 12.1 Å². The Morgan fingerprint density at radius 2 is 2.03 bits per heavy atom. The molecule has 0 bridgehead atoms. The highest BCUT2D eigenvalue weighted by Gasteiger charge is 2.27. The van der Waals surface area contributed by atoms with Crippen LogP contribution in [0.5, 0.6) is 0 Å². The maximum absolute atomic E-state index is 12.7. The normalized spacial score (nSPS) is 17.2. The van der Waals surface area contributed by atoms with E-state index in [0.717, 1.165) is 30.5 Å². The van der Waals surface area contributed by atoms with E-state index in [4.69, 9.17) is 16.1 Å². The molecule has 3 aromatic rings. The van der Waals surface area contributed by atoms with Crippen LogP contribution >= 0.6 is 11.6 Å². The molecule has 1 unspecified atom stereocenters. The minimum atomic E-state index is -0.0983. The van der Waals surface area contributed by atoms with Crippen molar-refractivity contribution in [2.75, 3.05) is 18.4 Å². The van der Waals surface area contributed by atoms with E-state index in [9.17, 15) is 4.79 Å². The van der Waals surface area contributed by atoms with Gasteiger partial charge in [-0.3, -0.25) is 9.69 Å². The SMILES string of the molecule is Cc1ccccc1-c1noc(CN2CCCC(C(=O)Nc3ccccc3Cl)C2)n1. The number of rotatable bonds is 5. The van der Waals surface area contributed by atoms with Gasteiger partial charge in [-0.15, -0.1) is 0 Å². The molecule has 1 N–H and O–H groups in total. The molecule has 0 aliphatic carbocycles. The highest BCUT2D eigenvalue weighted by atomic mass is 35.5. The fraction of sp³-hybridized carbons (Fsp3) is 0.318. The zero-order chi connectivity index (χ0) is 20.2. The lowest BCUT2D eigenvalue weighted by Gasteiger charge is -2.30. The second-order valence-electron chi connectivity index (χ2n) is 7.37. The first-order valence-corrected chi connectivity index (χ1v) is 10.1. The van der Waals surface area contributed by atoms with Crippen LogP contribution < -0.4 is 5.32 Å². The summed E-state index contributed by atoms with van der Waals surface area (Å²) in [6.45, 7) is 4.11. The number of hydrogen-bond donors (Lipinski definition) is 1. The molecule has 7 heteroatoms. The van der Waals surface area contributed by atoms with Crippen LogP contribution in [-0.4, -0.2) is 34.0 Å². The van der Waals surface area contributed by atoms with E-state index in [0.29, 0.717) is 35.5 Å². The summed E-state index contributed by atoms with van der Waals surface area (Å²) >= 11 is 6.15. The first-order valence-electron chi connectivity index (χ1n) is 9.76. The number of nitrogens with zero attached hydrogens (tertiary/aromatic N) is 3. The fourth-order valence-corrected chi connectivity index (χ4v) is 3.84. The van der Waals surface area contributed by atoms with Gasteiger partial charge in [0.25, 0.3) is 0 Å². The second kappa shape index (κ2) is 8.76. The first-order chi connectivity index (χ1) is 14.1. The van der Waals surface area contributed by atoms with Crippen molar-refractivity contribution in [3.05, 3.63) is 65.0 Å². The number of hydrogen-bond acceptors (Lipinski definition) is 5. The molecule has 1 amide bonds. The van der Waals surface area contributed by atoms with E-state index in [2.05, 4.69) is 20.4 Å². The van der Waals surface area contributed by atoms with Crippen LogP contribution in [0.4, 0.5) is 5.69 Å². The van der Waals surface area contributed by atoms with Crippen molar-refractivity contribution >= 4 is 23.2 Å². The molecule has 1 saturated heterocycles. The topological polar surface area (TPSA) is 71.3 Å². The van der Waals surface area contributed by atoms with Crippen molar-refractivity contribution < 1.29 is 9.32 Å². The molecule has 2 heterocycles. The third kappa shape index (κ3) is 4.66. The van der Waals surface area contributed by atoms with Gasteiger partial charge in [0.1, 0.15) is 0 Å². The number of benzene rings is 2. The number of anilines is 1. The Balaban J connectivity index is 1.39. The molecule has 1 aromatic heterocycles. The summed E-state index contributed by atoms with van der Waals surface area (Å²) in [5.74, 6) is 1.06. The zero-order valence-corrected chi connectivity index (χ0v) is 17.0. The summed E-state index contributed by atoms with van der Waals surface area (Å²) < 4.78 is 5.46. The predicted octanol–water partition coefficient (Wildman–Crippen LogP) is 4.55. The van der Waals surface area contributed by atoms with Crippen LogP contribution in [0.1, 0.15) is 24.3 Å². The zero-order valence-electron chi connectivity index (χ0n) is 16.3. The van der Waals surface area contributed by atoms with E-state index in [1.54, 1.807) is 6.07 Å². The van der Waals surface area contributed by atoms with Crippen LogP contribution in [0.2, 0.25) is 5.02 Å². The Kier molecular flexibility index (Phi) is 5.92. The third-order valence-corrected chi connectivity index (χ3v) is 5.55. The molecular formula is C22H23ClN4O2. The lowest BCUT2D eigenvalue weighted by atomic mass is 9.97. The molecule has 1 aliphatic heterocycles. The molecule has 150 valence electrons. The highest BCUT2D eigenvalue weighted by Crippen LogP contribution is 2.25. The van der Waals surface area contributed by atoms with Gasteiger partial charge in [-0.05, 0) is 44.0 Å². The molecule has 29 heavy (non-hydrogen) atoms. The molecular weight excluding hydrogens is 388 g/mol. The maximum atomic E-state index is 12.7. The summed E-state index contributed by atoms with van der Waals surface area (Å²) in [6.07, 6.45) is 1.80. The highest BCUT2D eigenvalue weighted by molar-refractivity contribution is 6.33.